The van der Waals surface area contributed by atoms with Crippen LogP contribution in [0.15, 0.2) is 36.4 Å². The number of benzene rings is 1. The van der Waals surface area contributed by atoms with E-state index in [1.165, 1.54) is 11.3 Å². The van der Waals surface area contributed by atoms with Gasteiger partial charge in [0.2, 0.25) is 17.7 Å². The molecule has 1 saturated heterocycles. The molecule has 6 nitrogen and oxygen atoms in total. The first-order valence-electron chi connectivity index (χ1n) is 8.31. The number of aromatic nitrogens is 1. The number of para-hydroxylation sites is 1. The molecule has 7 heteroatoms. The summed E-state index contributed by atoms with van der Waals surface area (Å²) in [6, 6.07) is 7.60. The second-order valence-corrected chi connectivity index (χ2v) is 7.83. The Balaban J connectivity index is 1.31. The lowest BCUT2D eigenvalue weighted by Crippen LogP contribution is -2.39. The van der Waals surface area contributed by atoms with Gasteiger partial charge in [-0.3, -0.25) is 19.3 Å². The van der Waals surface area contributed by atoms with E-state index in [2.05, 4.69) is 10.3 Å². The zero-order chi connectivity index (χ0) is 17.1. The number of carbonyl (C=O) groups excluding carboxylic acids is 3. The zero-order valence-electron chi connectivity index (χ0n) is 13.2. The highest BCUT2D eigenvalue weighted by atomic mass is 32.1. The fraction of sp³-hybridized carbons (Fsp3) is 0.333. The summed E-state index contributed by atoms with van der Waals surface area (Å²) in [6.07, 6.45) is 4.97. The van der Waals surface area contributed by atoms with Crippen molar-refractivity contribution in [3.8, 4) is 0 Å². The third-order valence-corrected chi connectivity index (χ3v) is 6.36. The van der Waals surface area contributed by atoms with Gasteiger partial charge < -0.3 is 5.32 Å². The molecule has 4 atom stereocenters. The Hall–Kier alpha value is -2.54. The summed E-state index contributed by atoms with van der Waals surface area (Å²) in [5, 5.41) is 3.19. The highest BCUT2D eigenvalue weighted by Crippen LogP contribution is 2.52. The molecular formula is C18H15N3O3S. The molecule has 1 aliphatic heterocycles. The van der Waals surface area contributed by atoms with Crippen molar-refractivity contribution >= 4 is 44.4 Å². The van der Waals surface area contributed by atoms with Crippen molar-refractivity contribution in [3.63, 3.8) is 0 Å². The minimum absolute atomic E-state index is 0.156. The smallest absolute Gasteiger partial charge is 0.246 e. The van der Waals surface area contributed by atoms with Gasteiger partial charge in [-0.15, -0.1) is 0 Å². The lowest BCUT2D eigenvalue weighted by atomic mass is 9.85. The number of anilines is 1. The van der Waals surface area contributed by atoms with Crippen LogP contribution in [0.5, 0.6) is 0 Å². The second-order valence-electron chi connectivity index (χ2n) is 6.80. The number of nitrogens with one attached hydrogen (secondary N) is 1. The number of fused-ring (bicyclic) bond motifs is 6. The molecule has 1 saturated carbocycles. The molecule has 25 heavy (non-hydrogen) atoms. The van der Waals surface area contributed by atoms with Gasteiger partial charge in [0.15, 0.2) is 5.13 Å². The van der Waals surface area contributed by atoms with Crippen LogP contribution in [-0.4, -0.2) is 34.2 Å². The summed E-state index contributed by atoms with van der Waals surface area (Å²) in [7, 11) is 0. The Morgan fingerprint density at radius 1 is 1.16 bits per heavy atom. The van der Waals surface area contributed by atoms with E-state index in [0.717, 1.165) is 21.5 Å². The van der Waals surface area contributed by atoms with E-state index >= 15 is 0 Å². The highest BCUT2D eigenvalue weighted by molar-refractivity contribution is 7.22. The Morgan fingerprint density at radius 3 is 2.52 bits per heavy atom. The summed E-state index contributed by atoms with van der Waals surface area (Å²) >= 11 is 1.37. The van der Waals surface area contributed by atoms with E-state index in [0.29, 0.717) is 5.13 Å². The van der Waals surface area contributed by atoms with Crippen molar-refractivity contribution in [2.75, 3.05) is 11.9 Å². The third kappa shape index (κ3) is 2.15. The zero-order valence-corrected chi connectivity index (χ0v) is 14.0. The first kappa shape index (κ1) is 14.8. The van der Waals surface area contributed by atoms with Gasteiger partial charge in [0.05, 0.1) is 22.1 Å². The molecule has 0 radical (unpaired) electrons. The summed E-state index contributed by atoms with van der Waals surface area (Å²) in [5.74, 6) is -1.01. The average molecular weight is 353 g/mol. The molecule has 3 amide bonds. The lowest BCUT2D eigenvalue weighted by Gasteiger charge is -2.16. The molecule has 1 aromatic carbocycles. The van der Waals surface area contributed by atoms with Crippen molar-refractivity contribution in [1.29, 1.82) is 0 Å². The number of amides is 3. The van der Waals surface area contributed by atoms with Crippen molar-refractivity contribution < 1.29 is 14.4 Å². The van der Waals surface area contributed by atoms with Gasteiger partial charge in [0, 0.05) is 0 Å². The summed E-state index contributed by atoms with van der Waals surface area (Å²) < 4.78 is 0.975. The summed E-state index contributed by atoms with van der Waals surface area (Å²) in [6.45, 7) is -0.236. The first-order chi connectivity index (χ1) is 12.1. The molecule has 0 unspecified atom stereocenters. The van der Waals surface area contributed by atoms with E-state index in [1.54, 1.807) is 0 Å². The minimum atomic E-state index is -0.388. The largest absolute Gasteiger partial charge is 0.300 e. The molecule has 5 rings (SSSR count). The SMILES string of the molecule is O=C(CN1C(=O)[C@@H]2[C@H](C1=O)[C@@H]1C=C[C@H]2C1)Nc1nc2ccccc2s1. The molecule has 2 aromatic rings. The quantitative estimate of drug-likeness (QED) is 0.676. The van der Waals surface area contributed by atoms with Crippen LogP contribution in [-0.2, 0) is 14.4 Å². The molecule has 1 N–H and O–H groups in total. The molecule has 126 valence electrons. The molecule has 2 aliphatic carbocycles. The van der Waals surface area contributed by atoms with E-state index in [-0.39, 0.29) is 47.9 Å². The predicted octanol–water partition coefficient (Wildman–Crippen LogP) is 2.04. The molecule has 0 spiro atoms. The average Bonchev–Trinajstić information content (AvgIpc) is 3.34. The lowest BCUT2D eigenvalue weighted by molar-refractivity contribution is -0.143. The number of nitrogens with zero attached hydrogens (tertiary/aromatic N) is 2. The van der Waals surface area contributed by atoms with Crippen LogP contribution in [0.2, 0.25) is 0 Å². The van der Waals surface area contributed by atoms with E-state index < -0.39 is 0 Å². The van der Waals surface area contributed by atoms with Crippen LogP contribution < -0.4 is 5.32 Å². The molecule has 2 fully saturated rings. The minimum Gasteiger partial charge on any atom is -0.300 e. The molecule has 1 aromatic heterocycles. The fourth-order valence-corrected chi connectivity index (χ4v) is 5.23. The fourth-order valence-electron chi connectivity index (χ4n) is 4.35. The standard InChI is InChI=1S/C18H15N3O3S/c22-13(20-18-19-11-3-1-2-4-12(11)25-18)8-21-16(23)14-9-5-6-10(7-9)15(14)17(21)24/h1-6,9-10,14-15H,7-8H2,(H,19,20,22)/t9-,10+,14-,15+. The van der Waals surface area contributed by atoms with E-state index in [9.17, 15) is 14.4 Å². The van der Waals surface area contributed by atoms with Gasteiger partial charge in [-0.2, -0.15) is 0 Å². The van der Waals surface area contributed by atoms with Gasteiger partial charge in [-0.05, 0) is 30.4 Å². The van der Waals surface area contributed by atoms with Crippen LogP contribution in [0.4, 0.5) is 5.13 Å². The summed E-state index contributed by atoms with van der Waals surface area (Å²) in [4.78, 5) is 43.0. The Morgan fingerprint density at radius 2 is 1.84 bits per heavy atom. The van der Waals surface area contributed by atoms with Gasteiger partial charge in [-0.25, -0.2) is 4.98 Å². The van der Waals surface area contributed by atoms with Crippen molar-refractivity contribution in [2.45, 2.75) is 6.42 Å². The maximum atomic E-state index is 12.6. The third-order valence-electron chi connectivity index (χ3n) is 5.40. The molecule has 3 aliphatic rings. The van der Waals surface area contributed by atoms with Gasteiger partial charge in [0.25, 0.3) is 0 Å². The molecule has 2 heterocycles. The number of allylic oxidation sites excluding steroid dienone is 2. The number of hydrogen-bond donors (Lipinski definition) is 1. The number of imide groups is 1. The maximum Gasteiger partial charge on any atom is 0.246 e. The number of rotatable bonds is 3. The van der Waals surface area contributed by atoms with Crippen molar-refractivity contribution in [2.24, 2.45) is 23.7 Å². The number of likely N-dealkylation sites (tertiary alicyclic amines) is 1. The number of hydrogen-bond acceptors (Lipinski definition) is 5. The number of carbonyl (C=O) groups is 3. The molecule has 2 bridgehead atoms. The second kappa shape index (κ2) is 5.23. The summed E-state index contributed by atoms with van der Waals surface area (Å²) in [5.41, 5.74) is 0.813. The van der Waals surface area contributed by atoms with Crippen LogP contribution in [0, 0.1) is 23.7 Å². The van der Waals surface area contributed by atoms with Crippen LogP contribution in [0.3, 0.4) is 0 Å². The van der Waals surface area contributed by atoms with Crippen LogP contribution >= 0.6 is 11.3 Å². The van der Waals surface area contributed by atoms with Crippen molar-refractivity contribution in [1.82, 2.24) is 9.88 Å². The van der Waals surface area contributed by atoms with Crippen LogP contribution in [0.25, 0.3) is 10.2 Å². The van der Waals surface area contributed by atoms with E-state index in [1.807, 2.05) is 36.4 Å². The maximum absolute atomic E-state index is 12.6. The number of thiazole rings is 1. The Kier molecular flexibility index (Phi) is 3.09. The highest BCUT2D eigenvalue weighted by Gasteiger charge is 2.59. The van der Waals surface area contributed by atoms with Gasteiger partial charge in [0.1, 0.15) is 6.54 Å². The van der Waals surface area contributed by atoms with Gasteiger partial charge in [-0.1, -0.05) is 35.6 Å². The van der Waals surface area contributed by atoms with E-state index in [4.69, 9.17) is 0 Å². The Labute approximate surface area is 147 Å². The topological polar surface area (TPSA) is 79.4 Å². The van der Waals surface area contributed by atoms with Crippen molar-refractivity contribution in [3.05, 3.63) is 36.4 Å². The monoisotopic (exact) mass is 353 g/mol. The van der Waals surface area contributed by atoms with Gasteiger partial charge >= 0.3 is 0 Å². The first-order valence-corrected chi connectivity index (χ1v) is 9.12. The predicted molar refractivity (Wildman–Crippen MR) is 92.7 cm³/mol. The normalized spacial score (nSPS) is 29.7. The Bertz CT molecular complexity index is 887. The van der Waals surface area contributed by atoms with Crippen LogP contribution in [0.1, 0.15) is 6.42 Å². The molecular weight excluding hydrogens is 338 g/mol.